The molecule has 3 amide bonds. The third-order valence-corrected chi connectivity index (χ3v) is 6.82. The van der Waals surface area contributed by atoms with Crippen LogP contribution < -0.4 is 15.4 Å². The normalized spacial score (nSPS) is 24.9. The number of amides is 3. The number of rotatable bonds is 7. The molecule has 2 N–H and O–H groups in total. The Hall–Kier alpha value is -2.69. The summed E-state index contributed by atoms with van der Waals surface area (Å²) in [5, 5.41) is 5.72. The van der Waals surface area contributed by atoms with Crippen LogP contribution in [0.2, 0.25) is 0 Å². The van der Waals surface area contributed by atoms with E-state index in [1.807, 2.05) is 0 Å². The first-order chi connectivity index (χ1) is 16.9. The lowest BCUT2D eigenvalue weighted by Gasteiger charge is -2.42. The summed E-state index contributed by atoms with van der Waals surface area (Å²) in [4.78, 5) is 41.1. The Bertz CT molecular complexity index is 919. The summed E-state index contributed by atoms with van der Waals surface area (Å²) in [6.45, 7) is 6.77. The number of hydrogen-bond donors (Lipinski definition) is 2. The van der Waals surface area contributed by atoms with Crippen LogP contribution in [0.4, 0.5) is 5.69 Å². The van der Waals surface area contributed by atoms with E-state index in [4.69, 9.17) is 14.2 Å². The summed E-state index contributed by atoms with van der Waals surface area (Å²) in [5.41, 5.74) is 0.963. The number of fused-ring (bicyclic) bond motifs is 2. The average molecular weight is 489 g/mol. The van der Waals surface area contributed by atoms with E-state index in [0.717, 1.165) is 45.7 Å². The predicted octanol–water partition coefficient (Wildman–Crippen LogP) is 1.25. The Morgan fingerprint density at radius 2 is 1.97 bits per heavy atom. The molecule has 0 radical (unpaired) electrons. The van der Waals surface area contributed by atoms with E-state index in [0.29, 0.717) is 36.4 Å². The topological polar surface area (TPSA) is 109 Å². The molecule has 2 saturated heterocycles. The van der Waals surface area contributed by atoms with Crippen molar-refractivity contribution in [3.8, 4) is 5.75 Å². The van der Waals surface area contributed by atoms with Gasteiger partial charge in [0, 0.05) is 39.3 Å². The van der Waals surface area contributed by atoms with Gasteiger partial charge in [0.2, 0.25) is 11.8 Å². The van der Waals surface area contributed by atoms with Crippen LogP contribution in [0.3, 0.4) is 0 Å². The summed E-state index contributed by atoms with van der Waals surface area (Å²) < 4.78 is 17.6. The summed E-state index contributed by atoms with van der Waals surface area (Å²) in [6.07, 6.45) is 2.11. The molecule has 0 aliphatic carbocycles. The van der Waals surface area contributed by atoms with Crippen LogP contribution in [-0.4, -0.2) is 98.8 Å². The lowest BCUT2D eigenvalue weighted by atomic mass is 9.94. The molecular weight excluding hydrogens is 452 g/mol. The number of carbonyl (C=O) groups excluding carboxylic acids is 3. The van der Waals surface area contributed by atoms with Crippen LogP contribution in [0.25, 0.3) is 0 Å². The second kappa shape index (κ2) is 11.8. The third kappa shape index (κ3) is 6.71. The summed E-state index contributed by atoms with van der Waals surface area (Å²) in [5.74, 6) is 0.0630. The molecule has 3 aliphatic rings. The molecule has 0 spiro atoms. The molecule has 0 saturated carbocycles. The fourth-order valence-electron chi connectivity index (χ4n) is 4.94. The van der Waals surface area contributed by atoms with Crippen molar-refractivity contribution >= 4 is 23.4 Å². The molecule has 4 rings (SSSR count). The number of ether oxygens (including phenoxy) is 3. The van der Waals surface area contributed by atoms with Crippen LogP contribution in [0, 0.1) is 0 Å². The number of nitrogens with one attached hydrogen (secondary N) is 2. The van der Waals surface area contributed by atoms with Gasteiger partial charge in [0.15, 0.2) is 0 Å². The molecule has 1 aromatic carbocycles. The number of benzene rings is 1. The smallest absolute Gasteiger partial charge is 0.257 e. The minimum atomic E-state index is -0.319. The van der Waals surface area contributed by atoms with E-state index in [1.54, 1.807) is 30.1 Å². The van der Waals surface area contributed by atoms with Gasteiger partial charge in [0.1, 0.15) is 18.5 Å². The number of hydrogen-bond acceptors (Lipinski definition) is 7. The van der Waals surface area contributed by atoms with E-state index in [1.165, 1.54) is 6.92 Å². The molecule has 1 aromatic rings. The first-order valence-electron chi connectivity index (χ1n) is 12.4. The standard InChI is InChI=1S/C25H36N4O6/c1-17(30)27-18-4-7-22-20(14-18)25(32)28(2)21-6-5-19(35-23(21)16-34-22)15-24(31)26-8-3-9-29-10-12-33-13-11-29/h4,7,14,19,21,23H,3,5-6,8-13,15-16H2,1-2H3,(H,26,31)(H,27,30)/t19-,21+,23-/m1/s1. The maximum atomic E-state index is 13.2. The number of anilines is 1. The van der Waals surface area contributed by atoms with Crippen LogP contribution in [-0.2, 0) is 19.1 Å². The first kappa shape index (κ1) is 25.4. The van der Waals surface area contributed by atoms with E-state index in [-0.39, 0.29) is 42.6 Å². The molecule has 10 nitrogen and oxygen atoms in total. The lowest BCUT2D eigenvalue weighted by Crippen LogP contribution is -2.54. The second-order valence-corrected chi connectivity index (χ2v) is 9.42. The number of likely N-dealkylation sites (N-methyl/N-ethyl adjacent to an activating group) is 1. The van der Waals surface area contributed by atoms with Crippen LogP contribution >= 0.6 is 0 Å². The summed E-state index contributed by atoms with van der Waals surface area (Å²) in [7, 11) is 1.77. The van der Waals surface area contributed by atoms with Crippen molar-refractivity contribution in [3.05, 3.63) is 23.8 Å². The molecule has 10 heteroatoms. The van der Waals surface area contributed by atoms with Crippen LogP contribution in [0.5, 0.6) is 5.75 Å². The minimum Gasteiger partial charge on any atom is -0.490 e. The van der Waals surface area contributed by atoms with E-state index < -0.39 is 0 Å². The van der Waals surface area contributed by atoms with Gasteiger partial charge in [-0.3, -0.25) is 19.3 Å². The molecule has 0 bridgehead atoms. The minimum absolute atomic E-state index is 0.0116. The van der Waals surface area contributed by atoms with Gasteiger partial charge in [-0.2, -0.15) is 0 Å². The van der Waals surface area contributed by atoms with Gasteiger partial charge in [0.05, 0.1) is 37.3 Å². The van der Waals surface area contributed by atoms with Gasteiger partial charge in [-0.1, -0.05) is 0 Å². The zero-order valence-electron chi connectivity index (χ0n) is 20.6. The van der Waals surface area contributed by atoms with Crippen LogP contribution in [0.15, 0.2) is 18.2 Å². The highest BCUT2D eigenvalue weighted by Crippen LogP contribution is 2.32. The molecule has 35 heavy (non-hydrogen) atoms. The fourth-order valence-corrected chi connectivity index (χ4v) is 4.94. The van der Waals surface area contributed by atoms with Crippen molar-refractivity contribution in [1.29, 1.82) is 0 Å². The van der Waals surface area contributed by atoms with Gasteiger partial charge in [-0.05, 0) is 44.0 Å². The van der Waals surface area contributed by atoms with Gasteiger partial charge in [0.25, 0.3) is 5.91 Å². The molecule has 192 valence electrons. The monoisotopic (exact) mass is 488 g/mol. The van der Waals surface area contributed by atoms with Gasteiger partial charge in [-0.15, -0.1) is 0 Å². The SMILES string of the molecule is CC(=O)Nc1ccc2c(c1)C(=O)N(C)[C@H]1CC[C@H](CC(=O)NCCCN3CCOCC3)O[C@@H]1CO2. The molecule has 2 fully saturated rings. The van der Waals surface area contributed by atoms with Crippen molar-refractivity contribution in [1.82, 2.24) is 15.1 Å². The largest absolute Gasteiger partial charge is 0.490 e. The fraction of sp³-hybridized carbons (Fsp3) is 0.640. The number of carbonyl (C=O) groups is 3. The van der Waals surface area contributed by atoms with Crippen molar-refractivity contribution in [2.75, 3.05) is 58.4 Å². The maximum Gasteiger partial charge on any atom is 0.257 e. The number of nitrogens with zero attached hydrogens (tertiary/aromatic N) is 2. The zero-order valence-corrected chi connectivity index (χ0v) is 20.6. The predicted molar refractivity (Wildman–Crippen MR) is 130 cm³/mol. The lowest BCUT2D eigenvalue weighted by molar-refractivity contribution is -0.134. The van der Waals surface area contributed by atoms with Crippen LogP contribution in [0.1, 0.15) is 43.0 Å². The molecule has 3 heterocycles. The Kier molecular flexibility index (Phi) is 8.59. The van der Waals surface area contributed by atoms with Crippen molar-refractivity contribution in [2.24, 2.45) is 0 Å². The highest BCUT2D eigenvalue weighted by Gasteiger charge is 2.39. The number of morpholine rings is 1. The summed E-state index contributed by atoms with van der Waals surface area (Å²) >= 11 is 0. The van der Waals surface area contributed by atoms with Crippen molar-refractivity contribution in [3.63, 3.8) is 0 Å². The zero-order chi connectivity index (χ0) is 24.8. The molecular formula is C25H36N4O6. The van der Waals surface area contributed by atoms with E-state index >= 15 is 0 Å². The van der Waals surface area contributed by atoms with Crippen molar-refractivity contribution < 1.29 is 28.6 Å². The average Bonchev–Trinajstić information content (AvgIpc) is 2.85. The molecule has 0 aromatic heterocycles. The highest BCUT2D eigenvalue weighted by molar-refractivity contribution is 5.99. The van der Waals surface area contributed by atoms with Gasteiger partial charge < -0.3 is 29.7 Å². The quantitative estimate of drug-likeness (QED) is 0.556. The molecule has 0 unspecified atom stereocenters. The maximum absolute atomic E-state index is 13.2. The van der Waals surface area contributed by atoms with Crippen molar-refractivity contribution in [2.45, 2.75) is 50.9 Å². The van der Waals surface area contributed by atoms with Gasteiger partial charge in [-0.25, -0.2) is 0 Å². The Labute approximate surface area is 206 Å². The third-order valence-electron chi connectivity index (χ3n) is 6.82. The highest BCUT2D eigenvalue weighted by atomic mass is 16.5. The van der Waals surface area contributed by atoms with Gasteiger partial charge >= 0.3 is 0 Å². The Morgan fingerprint density at radius 3 is 2.74 bits per heavy atom. The Morgan fingerprint density at radius 1 is 1.17 bits per heavy atom. The summed E-state index contributed by atoms with van der Waals surface area (Å²) in [6, 6.07) is 4.90. The molecule has 3 atom stereocenters. The second-order valence-electron chi connectivity index (χ2n) is 9.42. The van der Waals surface area contributed by atoms with E-state index in [9.17, 15) is 14.4 Å². The van der Waals surface area contributed by atoms with E-state index in [2.05, 4.69) is 15.5 Å². The first-order valence-corrected chi connectivity index (χ1v) is 12.4. The Balaban J connectivity index is 1.28. The molecule has 3 aliphatic heterocycles.